The second-order valence-corrected chi connectivity index (χ2v) is 7.20. The van der Waals surface area contributed by atoms with E-state index in [1.54, 1.807) is 16.8 Å². The maximum absolute atomic E-state index is 13.9. The van der Waals surface area contributed by atoms with Crippen molar-refractivity contribution in [1.82, 2.24) is 29.7 Å². The van der Waals surface area contributed by atoms with Gasteiger partial charge in [-0.15, -0.1) is 0 Å². The maximum Gasteiger partial charge on any atom is 0.239 e. The molecule has 30 heavy (non-hydrogen) atoms. The van der Waals surface area contributed by atoms with Crippen LogP contribution in [0.2, 0.25) is 0 Å². The van der Waals surface area contributed by atoms with Crippen LogP contribution >= 0.6 is 0 Å². The smallest absolute Gasteiger partial charge is 0.239 e. The zero-order valence-electron chi connectivity index (χ0n) is 16.7. The molecule has 9 heteroatoms. The number of fused-ring (bicyclic) bond motifs is 2. The van der Waals surface area contributed by atoms with Crippen LogP contribution in [0.15, 0.2) is 48.7 Å². The van der Waals surface area contributed by atoms with Gasteiger partial charge in [0.25, 0.3) is 0 Å². The molecule has 3 heterocycles. The van der Waals surface area contributed by atoms with Crippen molar-refractivity contribution in [2.24, 2.45) is 0 Å². The molecule has 2 N–H and O–H groups in total. The van der Waals surface area contributed by atoms with Crippen LogP contribution in [0.1, 0.15) is 5.82 Å². The number of hydrogen-bond acceptors (Lipinski definition) is 6. The summed E-state index contributed by atoms with van der Waals surface area (Å²) < 4.78 is 15.6. The molecule has 8 nitrogen and oxygen atoms in total. The minimum absolute atomic E-state index is 0.342. The van der Waals surface area contributed by atoms with E-state index in [9.17, 15) is 4.39 Å². The molecule has 5 aromatic rings. The zero-order chi connectivity index (χ0) is 20.8. The van der Waals surface area contributed by atoms with Crippen LogP contribution in [0.5, 0.6) is 0 Å². The number of H-pyrrole nitrogens is 1. The SMILES string of the molecule is Cc1nc2ccc(F)cc2n1-c1nc(Nc2ccc(N(C)C)cc2)c2cn[nH]c2n1. The average Bonchev–Trinajstić information content (AvgIpc) is 3.31. The standard InChI is InChI=1S/C21H19FN8/c1-12-24-17-9-4-13(22)10-18(17)30(12)21-26-19(16-11-23-28-20(16)27-21)25-14-5-7-15(8-6-14)29(2)3/h4-11H,1-3H3,(H2,23,25,26,27,28). The number of halogens is 1. The molecule has 5 rings (SSSR count). The Morgan fingerprint density at radius 1 is 1.03 bits per heavy atom. The van der Waals surface area contributed by atoms with Crippen molar-refractivity contribution in [2.45, 2.75) is 6.92 Å². The third-order valence-corrected chi connectivity index (χ3v) is 4.93. The minimum atomic E-state index is -0.342. The minimum Gasteiger partial charge on any atom is -0.378 e. The van der Waals surface area contributed by atoms with Gasteiger partial charge in [0.05, 0.1) is 22.6 Å². The highest BCUT2D eigenvalue weighted by atomic mass is 19.1. The number of anilines is 3. The lowest BCUT2D eigenvalue weighted by Crippen LogP contribution is -2.08. The van der Waals surface area contributed by atoms with Crippen molar-refractivity contribution < 1.29 is 4.39 Å². The molecular weight excluding hydrogens is 383 g/mol. The zero-order valence-corrected chi connectivity index (χ0v) is 16.7. The number of aryl methyl sites for hydroxylation is 1. The Morgan fingerprint density at radius 3 is 2.60 bits per heavy atom. The van der Waals surface area contributed by atoms with Crippen LogP contribution < -0.4 is 10.2 Å². The summed E-state index contributed by atoms with van der Waals surface area (Å²) in [5.74, 6) is 1.30. The van der Waals surface area contributed by atoms with Crippen molar-refractivity contribution in [3.63, 3.8) is 0 Å². The molecule has 0 spiro atoms. The number of hydrogen-bond donors (Lipinski definition) is 2. The summed E-state index contributed by atoms with van der Waals surface area (Å²) in [4.78, 5) is 15.8. The predicted octanol–water partition coefficient (Wildman–Crippen LogP) is 3.95. The highest BCUT2D eigenvalue weighted by Gasteiger charge is 2.16. The Bertz CT molecular complexity index is 1370. The Labute approximate surface area is 171 Å². The predicted molar refractivity (Wildman–Crippen MR) is 115 cm³/mol. The highest BCUT2D eigenvalue weighted by molar-refractivity contribution is 5.89. The molecule has 0 radical (unpaired) electrons. The molecule has 0 fully saturated rings. The Balaban J connectivity index is 1.64. The third-order valence-electron chi connectivity index (χ3n) is 4.93. The van der Waals surface area contributed by atoms with Crippen molar-refractivity contribution >= 4 is 39.3 Å². The number of imidazole rings is 1. The summed E-state index contributed by atoms with van der Waals surface area (Å²) in [6.07, 6.45) is 1.67. The fourth-order valence-corrected chi connectivity index (χ4v) is 3.42. The van der Waals surface area contributed by atoms with E-state index in [1.807, 2.05) is 50.2 Å². The van der Waals surface area contributed by atoms with Crippen molar-refractivity contribution in [3.05, 3.63) is 60.3 Å². The molecule has 0 aliphatic heterocycles. The van der Waals surface area contributed by atoms with Crippen LogP contribution in [0.4, 0.5) is 21.6 Å². The van der Waals surface area contributed by atoms with Gasteiger partial charge in [0.2, 0.25) is 5.95 Å². The molecule has 0 bridgehead atoms. The van der Waals surface area contributed by atoms with E-state index in [0.717, 1.165) is 16.8 Å². The van der Waals surface area contributed by atoms with E-state index in [1.165, 1.54) is 12.1 Å². The van der Waals surface area contributed by atoms with Gasteiger partial charge >= 0.3 is 0 Å². The molecule has 0 saturated carbocycles. The molecular formula is C21H19FN8. The van der Waals surface area contributed by atoms with Gasteiger partial charge in [-0.1, -0.05) is 0 Å². The van der Waals surface area contributed by atoms with Crippen molar-refractivity contribution in [2.75, 3.05) is 24.3 Å². The molecule has 0 saturated heterocycles. The molecule has 0 amide bonds. The molecule has 0 aliphatic carbocycles. The largest absolute Gasteiger partial charge is 0.378 e. The van der Waals surface area contributed by atoms with Gasteiger partial charge in [-0.2, -0.15) is 15.1 Å². The fourth-order valence-electron chi connectivity index (χ4n) is 3.42. The van der Waals surface area contributed by atoms with Crippen molar-refractivity contribution in [1.29, 1.82) is 0 Å². The van der Waals surface area contributed by atoms with Crippen LogP contribution in [0.3, 0.4) is 0 Å². The van der Waals surface area contributed by atoms with E-state index < -0.39 is 0 Å². The molecule has 150 valence electrons. The lowest BCUT2D eigenvalue weighted by atomic mass is 10.2. The molecule has 0 atom stereocenters. The van der Waals surface area contributed by atoms with Gasteiger partial charge in [0.1, 0.15) is 17.5 Å². The topological polar surface area (TPSA) is 87.5 Å². The summed E-state index contributed by atoms with van der Waals surface area (Å²) in [6, 6.07) is 12.5. The Hall–Kier alpha value is -4.01. The van der Waals surface area contributed by atoms with Crippen LogP contribution in [-0.2, 0) is 0 Å². The summed E-state index contributed by atoms with van der Waals surface area (Å²) in [5.41, 5.74) is 3.83. The van der Waals surface area contributed by atoms with E-state index in [2.05, 4.69) is 25.5 Å². The molecule has 2 aromatic carbocycles. The second kappa shape index (κ2) is 6.80. The van der Waals surface area contributed by atoms with Gasteiger partial charge in [0.15, 0.2) is 5.65 Å². The van der Waals surface area contributed by atoms with Gasteiger partial charge < -0.3 is 10.2 Å². The van der Waals surface area contributed by atoms with Crippen LogP contribution in [-0.4, -0.2) is 43.8 Å². The van der Waals surface area contributed by atoms with E-state index in [4.69, 9.17) is 4.98 Å². The summed E-state index contributed by atoms with van der Waals surface area (Å²) in [6.45, 7) is 1.84. The monoisotopic (exact) mass is 402 g/mol. The summed E-state index contributed by atoms with van der Waals surface area (Å²) in [7, 11) is 3.99. The second-order valence-electron chi connectivity index (χ2n) is 7.20. The Morgan fingerprint density at radius 2 is 1.83 bits per heavy atom. The molecule has 3 aromatic heterocycles. The first-order chi connectivity index (χ1) is 14.5. The lowest BCUT2D eigenvalue weighted by molar-refractivity contribution is 0.629. The first kappa shape index (κ1) is 18.0. The number of aromatic amines is 1. The van der Waals surface area contributed by atoms with Crippen LogP contribution in [0.25, 0.3) is 28.0 Å². The van der Waals surface area contributed by atoms with Crippen LogP contribution in [0, 0.1) is 12.7 Å². The normalized spacial score (nSPS) is 11.3. The van der Waals surface area contributed by atoms with E-state index >= 15 is 0 Å². The third kappa shape index (κ3) is 3.00. The van der Waals surface area contributed by atoms with Gasteiger partial charge in [-0.25, -0.2) is 9.37 Å². The Kier molecular flexibility index (Phi) is 4.09. The van der Waals surface area contributed by atoms with Crippen molar-refractivity contribution in [3.8, 4) is 5.95 Å². The molecule has 0 aliphatic rings. The molecule has 0 unspecified atom stereocenters. The van der Waals surface area contributed by atoms with Gasteiger partial charge in [-0.3, -0.25) is 9.67 Å². The number of rotatable bonds is 4. The van der Waals surface area contributed by atoms with Gasteiger partial charge in [-0.05, 0) is 43.3 Å². The highest BCUT2D eigenvalue weighted by Crippen LogP contribution is 2.27. The van der Waals surface area contributed by atoms with E-state index in [0.29, 0.717) is 34.3 Å². The van der Waals surface area contributed by atoms with Gasteiger partial charge in [0, 0.05) is 31.5 Å². The number of nitrogens with zero attached hydrogens (tertiary/aromatic N) is 6. The first-order valence-electron chi connectivity index (χ1n) is 9.40. The number of aromatic nitrogens is 6. The van der Waals surface area contributed by atoms with E-state index in [-0.39, 0.29) is 5.82 Å². The fraction of sp³-hybridized carbons (Fsp3) is 0.143. The number of benzene rings is 2. The quantitative estimate of drug-likeness (QED) is 0.473. The maximum atomic E-state index is 13.9. The average molecular weight is 402 g/mol. The lowest BCUT2D eigenvalue weighted by Gasteiger charge is -2.14. The summed E-state index contributed by atoms with van der Waals surface area (Å²) in [5, 5.41) is 11.1. The summed E-state index contributed by atoms with van der Waals surface area (Å²) >= 11 is 0. The number of nitrogens with one attached hydrogen (secondary N) is 2. The first-order valence-corrected chi connectivity index (χ1v) is 9.40.